The molecule has 7 heteroatoms. The maximum absolute atomic E-state index is 13.2. The van der Waals surface area contributed by atoms with E-state index in [-0.39, 0.29) is 5.97 Å². The van der Waals surface area contributed by atoms with E-state index >= 15 is 0 Å². The fourth-order valence-corrected chi connectivity index (χ4v) is 3.95. The Morgan fingerprint density at radius 3 is 2.71 bits per heavy atom. The molecule has 0 radical (unpaired) electrons. The van der Waals surface area contributed by atoms with Crippen LogP contribution in [0.1, 0.15) is 38.3 Å². The van der Waals surface area contributed by atoms with Crippen molar-refractivity contribution in [1.82, 2.24) is 9.55 Å². The number of fused-ring (bicyclic) bond motifs is 3. The van der Waals surface area contributed by atoms with E-state index in [1.165, 1.54) is 0 Å². The van der Waals surface area contributed by atoms with Crippen molar-refractivity contribution < 1.29 is 19.0 Å². The number of esters is 1. The summed E-state index contributed by atoms with van der Waals surface area (Å²) < 4.78 is 18.7. The van der Waals surface area contributed by atoms with Crippen LogP contribution in [0.5, 0.6) is 11.5 Å². The van der Waals surface area contributed by atoms with E-state index in [1.54, 1.807) is 14.2 Å². The second kappa shape index (κ2) is 8.71. The highest BCUT2D eigenvalue weighted by Crippen LogP contribution is 2.43. The summed E-state index contributed by atoms with van der Waals surface area (Å²) in [5, 5.41) is 3.30. The van der Waals surface area contributed by atoms with E-state index in [2.05, 4.69) is 12.2 Å². The summed E-state index contributed by atoms with van der Waals surface area (Å²) >= 11 is 0. The molecular weight excluding hydrogens is 394 g/mol. The predicted molar refractivity (Wildman–Crippen MR) is 120 cm³/mol. The number of unbranched alkanes of at least 4 members (excludes halogenated alkanes) is 1. The molecule has 0 unspecified atom stereocenters. The maximum atomic E-state index is 13.2. The van der Waals surface area contributed by atoms with Gasteiger partial charge in [-0.15, -0.1) is 0 Å². The number of nitrogens with zero attached hydrogens (tertiary/aromatic N) is 2. The van der Waals surface area contributed by atoms with E-state index in [0.717, 1.165) is 29.4 Å². The number of carbonyl (C=O) groups excluding carboxylic acids is 1. The molecule has 3 aromatic rings. The molecule has 1 N–H and O–H groups in total. The summed E-state index contributed by atoms with van der Waals surface area (Å²) in [5.74, 6) is 1.64. The molecule has 0 amide bonds. The minimum absolute atomic E-state index is 0.343. The molecule has 2 heterocycles. The third-order valence-corrected chi connectivity index (χ3v) is 5.52. The number of carbonyl (C=O) groups is 1. The molecule has 0 aliphatic carbocycles. The zero-order valence-electron chi connectivity index (χ0n) is 18.3. The normalized spacial score (nSPS) is 15.4. The minimum atomic E-state index is -0.460. The predicted octanol–water partition coefficient (Wildman–Crippen LogP) is 4.69. The number of hydrogen-bond acceptors (Lipinski definition) is 6. The van der Waals surface area contributed by atoms with Crippen molar-refractivity contribution in [3.05, 3.63) is 59.3 Å². The van der Waals surface area contributed by atoms with Crippen LogP contribution in [0.2, 0.25) is 0 Å². The van der Waals surface area contributed by atoms with Gasteiger partial charge in [0.25, 0.3) is 0 Å². The lowest BCUT2D eigenvalue weighted by atomic mass is 9.94. The van der Waals surface area contributed by atoms with E-state index in [0.29, 0.717) is 35.3 Å². The number of para-hydroxylation sites is 2. The van der Waals surface area contributed by atoms with Gasteiger partial charge in [0.2, 0.25) is 5.95 Å². The van der Waals surface area contributed by atoms with Crippen LogP contribution in [0.15, 0.2) is 53.7 Å². The summed E-state index contributed by atoms with van der Waals surface area (Å²) in [4.78, 5) is 18.0. The quantitative estimate of drug-likeness (QED) is 0.441. The fourth-order valence-electron chi connectivity index (χ4n) is 3.95. The number of nitrogens with one attached hydrogen (secondary N) is 1. The van der Waals surface area contributed by atoms with Gasteiger partial charge < -0.3 is 19.5 Å². The van der Waals surface area contributed by atoms with E-state index in [4.69, 9.17) is 19.2 Å². The van der Waals surface area contributed by atoms with Crippen LogP contribution in [0.25, 0.3) is 11.0 Å². The lowest BCUT2D eigenvalue weighted by Crippen LogP contribution is -2.29. The van der Waals surface area contributed by atoms with Crippen LogP contribution < -0.4 is 14.8 Å². The topological polar surface area (TPSA) is 74.6 Å². The van der Waals surface area contributed by atoms with E-state index in [9.17, 15) is 4.79 Å². The maximum Gasteiger partial charge on any atom is 0.338 e. The SMILES string of the molecule is CCCCOC(=O)C1=C(C)Nc2nc3ccccc3n2[C@@H]1c1ccc(OC)cc1OC. The highest BCUT2D eigenvalue weighted by molar-refractivity contribution is 5.94. The molecule has 1 aliphatic heterocycles. The molecule has 1 aromatic heterocycles. The van der Waals surface area contributed by atoms with Crippen LogP contribution in [0, 0.1) is 0 Å². The molecule has 1 aliphatic rings. The van der Waals surface area contributed by atoms with Gasteiger partial charge in [-0.1, -0.05) is 25.5 Å². The molecule has 162 valence electrons. The third kappa shape index (κ3) is 3.71. The standard InChI is InChI=1S/C24H27N3O4/c1-5-6-13-31-23(28)21-15(2)25-24-26-18-9-7-8-10-19(18)27(24)22(21)17-12-11-16(29-3)14-20(17)30-4/h7-12,14,22H,5-6,13H2,1-4H3,(H,25,26)/t22-/m1/s1. The number of imidazole rings is 1. The van der Waals surface area contributed by atoms with Gasteiger partial charge in [-0.3, -0.25) is 4.57 Å². The number of benzene rings is 2. The highest BCUT2D eigenvalue weighted by Gasteiger charge is 2.36. The average molecular weight is 421 g/mol. The van der Waals surface area contributed by atoms with Crippen molar-refractivity contribution in [1.29, 1.82) is 0 Å². The number of methoxy groups -OCH3 is 2. The first-order valence-electron chi connectivity index (χ1n) is 10.4. The molecule has 0 spiro atoms. The first-order valence-corrected chi connectivity index (χ1v) is 10.4. The van der Waals surface area contributed by atoms with Gasteiger partial charge in [-0.05, 0) is 37.6 Å². The lowest BCUT2D eigenvalue weighted by molar-refractivity contribution is -0.139. The van der Waals surface area contributed by atoms with Gasteiger partial charge in [0.05, 0.1) is 43.5 Å². The summed E-state index contributed by atoms with van der Waals surface area (Å²) in [6.07, 6.45) is 1.77. The van der Waals surface area contributed by atoms with Gasteiger partial charge >= 0.3 is 5.97 Å². The fraction of sp³-hybridized carbons (Fsp3) is 0.333. The number of aromatic nitrogens is 2. The lowest BCUT2D eigenvalue weighted by Gasteiger charge is -2.31. The first-order chi connectivity index (χ1) is 15.1. The molecule has 4 rings (SSSR count). The summed E-state index contributed by atoms with van der Waals surface area (Å²) in [6.45, 7) is 4.33. The Bertz CT molecular complexity index is 1150. The van der Waals surface area contributed by atoms with Crippen molar-refractivity contribution in [3.63, 3.8) is 0 Å². The Kier molecular flexibility index (Phi) is 5.84. The van der Waals surface area contributed by atoms with Crippen molar-refractivity contribution >= 4 is 23.0 Å². The number of rotatable bonds is 7. The molecule has 0 fully saturated rings. The van der Waals surface area contributed by atoms with Gasteiger partial charge in [0.15, 0.2) is 0 Å². The third-order valence-electron chi connectivity index (χ3n) is 5.52. The largest absolute Gasteiger partial charge is 0.497 e. The molecule has 2 aromatic carbocycles. The molecule has 0 bridgehead atoms. The first kappa shape index (κ1) is 20.8. The Morgan fingerprint density at radius 1 is 1.16 bits per heavy atom. The number of hydrogen-bond donors (Lipinski definition) is 1. The van der Waals surface area contributed by atoms with Crippen LogP contribution >= 0.6 is 0 Å². The summed E-state index contributed by atoms with van der Waals surface area (Å²) in [5.41, 5.74) is 3.84. The molecule has 0 saturated heterocycles. The Balaban J connectivity index is 1.92. The number of allylic oxidation sites excluding steroid dienone is 1. The molecule has 31 heavy (non-hydrogen) atoms. The molecule has 7 nitrogen and oxygen atoms in total. The second-order valence-electron chi connectivity index (χ2n) is 7.46. The second-order valence-corrected chi connectivity index (χ2v) is 7.46. The minimum Gasteiger partial charge on any atom is -0.497 e. The van der Waals surface area contributed by atoms with Gasteiger partial charge in [-0.2, -0.15) is 0 Å². The van der Waals surface area contributed by atoms with Crippen molar-refractivity contribution in [3.8, 4) is 11.5 Å². The summed E-state index contributed by atoms with van der Waals surface area (Å²) in [6, 6.07) is 13.0. The Hall–Kier alpha value is -3.48. The van der Waals surface area contributed by atoms with Crippen molar-refractivity contribution in [2.45, 2.75) is 32.7 Å². The zero-order valence-corrected chi connectivity index (χ0v) is 18.3. The number of ether oxygens (including phenoxy) is 3. The van der Waals surface area contributed by atoms with Gasteiger partial charge in [-0.25, -0.2) is 9.78 Å². The van der Waals surface area contributed by atoms with Crippen LogP contribution in [0.4, 0.5) is 5.95 Å². The van der Waals surface area contributed by atoms with Gasteiger partial charge in [0, 0.05) is 17.3 Å². The van der Waals surface area contributed by atoms with E-state index < -0.39 is 6.04 Å². The monoisotopic (exact) mass is 421 g/mol. The molecule has 0 saturated carbocycles. The van der Waals surface area contributed by atoms with E-state index in [1.807, 2.05) is 54.0 Å². The average Bonchev–Trinajstić information content (AvgIpc) is 3.15. The smallest absolute Gasteiger partial charge is 0.338 e. The van der Waals surface area contributed by atoms with Crippen molar-refractivity contribution in [2.24, 2.45) is 0 Å². The Morgan fingerprint density at radius 2 is 1.97 bits per heavy atom. The highest BCUT2D eigenvalue weighted by atomic mass is 16.5. The zero-order chi connectivity index (χ0) is 22.0. The molecular formula is C24H27N3O4. The Labute approximate surface area is 181 Å². The van der Waals surface area contributed by atoms with Crippen molar-refractivity contribution in [2.75, 3.05) is 26.1 Å². The summed E-state index contributed by atoms with van der Waals surface area (Å²) in [7, 11) is 3.23. The van der Waals surface area contributed by atoms with Crippen LogP contribution in [-0.4, -0.2) is 36.3 Å². The molecule has 1 atom stereocenters. The van der Waals surface area contributed by atoms with Crippen LogP contribution in [0.3, 0.4) is 0 Å². The number of anilines is 1. The van der Waals surface area contributed by atoms with Gasteiger partial charge in [0.1, 0.15) is 11.5 Å². The van der Waals surface area contributed by atoms with Crippen LogP contribution in [-0.2, 0) is 9.53 Å².